The number of aliphatic hydroxyl groups is 1. The number of esters is 1. The maximum absolute atomic E-state index is 12.7. The van der Waals surface area contributed by atoms with Crippen LogP contribution in [0, 0.1) is 11.8 Å². The van der Waals surface area contributed by atoms with Gasteiger partial charge in [-0.05, 0) is 36.8 Å². The first kappa shape index (κ1) is 29.5. The van der Waals surface area contributed by atoms with Crippen LogP contribution in [0.4, 0.5) is 0 Å². The van der Waals surface area contributed by atoms with E-state index in [4.69, 9.17) is 4.74 Å². The van der Waals surface area contributed by atoms with E-state index in [0.29, 0.717) is 25.7 Å². The topological polar surface area (TPSA) is 105 Å². The molecule has 7 heteroatoms. The summed E-state index contributed by atoms with van der Waals surface area (Å²) >= 11 is 0. The van der Waals surface area contributed by atoms with E-state index in [1.54, 1.807) is 12.2 Å². The molecule has 0 aliphatic heterocycles. The Hall–Kier alpha value is -3.71. The Labute approximate surface area is 219 Å². The summed E-state index contributed by atoms with van der Waals surface area (Å²) in [7, 11) is 0. The van der Waals surface area contributed by atoms with E-state index < -0.39 is 12.0 Å². The lowest BCUT2D eigenvalue weighted by molar-refractivity contribution is -0.148. The smallest absolute Gasteiger partial charge is 0.309 e. The van der Waals surface area contributed by atoms with Crippen LogP contribution in [-0.4, -0.2) is 48.7 Å². The summed E-state index contributed by atoms with van der Waals surface area (Å²) in [5.74, 6) is -1.94. The molecule has 0 aliphatic rings. The number of carbonyl (C=O) groups excluding carboxylic acids is 3. The molecule has 0 spiro atoms. The molecule has 0 heterocycles. The van der Waals surface area contributed by atoms with Gasteiger partial charge in [0.05, 0.1) is 31.0 Å². The van der Waals surface area contributed by atoms with Gasteiger partial charge in [0.25, 0.3) is 0 Å². The van der Waals surface area contributed by atoms with E-state index in [0.717, 1.165) is 11.1 Å². The molecule has 2 aromatic rings. The van der Waals surface area contributed by atoms with Crippen molar-refractivity contribution in [3.63, 3.8) is 0 Å². The van der Waals surface area contributed by atoms with Gasteiger partial charge in [0.15, 0.2) is 0 Å². The standard InChI is InChI=1S/C30H38N2O5/c1-3-11-25(21-28(34)32-27(22-33)20-24-15-9-6-10-16-24)29(35)31-17-18-37-30(36)26(12-4-2)19-23-13-7-5-8-14-23/h3-10,13-16,25-27,33H,1-2,11-12,17-22H2,(H,31,35)(H,32,34)/t25-,26-,27+/m1/s1. The normalized spacial score (nSPS) is 13.0. The highest BCUT2D eigenvalue weighted by Gasteiger charge is 2.23. The van der Waals surface area contributed by atoms with Gasteiger partial charge in [-0.25, -0.2) is 0 Å². The first-order valence-electron chi connectivity index (χ1n) is 12.6. The Morgan fingerprint density at radius 1 is 0.865 bits per heavy atom. The SMILES string of the molecule is C=CC[C@H](CC(=O)N[C@H](CO)Cc1ccccc1)C(=O)NCCOC(=O)[C@H](CC=C)Cc1ccccc1. The van der Waals surface area contributed by atoms with Crippen LogP contribution in [0.2, 0.25) is 0 Å². The number of hydrogen-bond acceptors (Lipinski definition) is 5. The van der Waals surface area contributed by atoms with Gasteiger partial charge < -0.3 is 20.5 Å². The molecule has 0 bridgehead atoms. The summed E-state index contributed by atoms with van der Waals surface area (Å²) in [6.45, 7) is 7.38. The number of amides is 2. The fourth-order valence-corrected chi connectivity index (χ4v) is 4.01. The third-order valence-corrected chi connectivity index (χ3v) is 5.92. The molecule has 37 heavy (non-hydrogen) atoms. The average molecular weight is 507 g/mol. The van der Waals surface area contributed by atoms with Crippen molar-refractivity contribution in [1.29, 1.82) is 0 Å². The molecule has 3 N–H and O–H groups in total. The third-order valence-electron chi connectivity index (χ3n) is 5.92. The summed E-state index contributed by atoms with van der Waals surface area (Å²) in [5.41, 5.74) is 2.04. The number of allylic oxidation sites excluding steroid dienone is 2. The summed E-state index contributed by atoms with van der Waals surface area (Å²) in [5, 5.41) is 15.2. The van der Waals surface area contributed by atoms with Crippen LogP contribution in [0.1, 0.15) is 30.4 Å². The highest BCUT2D eigenvalue weighted by molar-refractivity contribution is 5.86. The van der Waals surface area contributed by atoms with Gasteiger partial charge in [0.1, 0.15) is 6.61 Å². The van der Waals surface area contributed by atoms with Crippen LogP contribution >= 0.6 is 0 Å². The van der Waals surface area contributed by atoms with Crippen molar-refractivity contribution in [3.05, 3.63) is 97.1 Å². The Balaban J connectivity index is 1.79. The Kier molecular flexibility index (Phi) is 13.5. The number of ether oxygens (including phenoxy) is 1. The van der Waals surface area contributed by atoms with Crippen molar-refractivity contribution in [2.24, 2.45) is 11.8 Å². The minimum Gasteiger partial charge on any atom is -0.464 e. The first-order chi connectivity index (χ1) is 18.0. The average Bonchev–Trinajstić information content (AvgIpc) is 2.91. The molecule has 0 unspecified atom stereocenters. The molecule has 0 fully saturated rings. The molecule has 0 saturated heterocycles. The lowest BCUT2D eigenvalue weighted by Gasteiger charge is -2.19. The molecular formula is C30H38N2O5. The van der Waals surface area contributed by atoms with E-state index >= 15 is 0 Å². The minimum absolute atomic E-state index is 0.0314. The van der Waals surface area contributed by atoms with Crippen LogP contribution in [0.25, 0.3) is 0 Å². The number of hydrogen-bond donors (Lipinski definition) is 3. The quantitative estimate of drug-likeness (QED) is 0.173. The van der Waals surface area contributed by atoms with Crippen LogP contribution in [0.3, 0.4) is 0 Å². The summed E-state index contributed by atoms with van der Waals surface area (Å²) in [6, 6.07) is 18.8. The number of benzene rings is 2. The van der Waals surface area contributed by atoms with E-state index in [1.165, 1.54) is 0 Å². The third kappa shape index (κ3) is 11.3. The summed E-state index contributed by atoms with van der Waals surface area (Å²) in [4.78, 5) is 37.8. The zero-order valence-corrected chi connectivity index (χ0v) is 21.3. The van der Waals surface area contributed by atoms with Crippen molar-refractivity contribution in [2.45, 2.75) is 38.1 Å². The lowest BCUT2D eigenvalue weighted by atomic mass is 9.96. The van der Waals surface area contributed by atoms with E-state index in [2.05, 4.69) is 23.8 Å². The maximum atomic E-state index is 12.7. The van der Waals surface area contributed by atoms with Crippen LogP contribution in [-0.2, 0) is 32.0 Å². The summed E-state index contributed by atoms with van der Waals surface area (Å²) in [6.07, 6.45) is 5.10. The second-order valence-electron chi connectivity index (χ2n) is 8.93. The van der Waals surface area contributed by atoms with Gasteiger partial charge in [-0.15, -0.1) is 13.2 Å². The number of rotatable bonds is 17. The van der Waals surface area contributed by atoms with Crippen LogP contribution < -0.4 is 10.6 Å². The Bertz CT molecular complexity index is 994. The first-order valence-corrected chi connectivity index (χ1v) is 12.6. The fraction of sp³-hybridized carbons (Fsp3) is 0.367. The molecule has 198 valence electrons. The second kappa shape index (κ2) is 16.9. The molecule has 7 nitrogen and oxygen atoms in total. The number of aliphatic hydroxyl groups excluding tert-OH is 1. The Morgan fingerprint density at radius 2 is 1.43 bits per heavy atom. The molecular weight excluding hydrogens is 468 g/mol. The molecule has 0 aromatic heterocycles. The molecule has 2 amide bonds. The molecule has 0 radical (unpaired) electrons. The number of nitrogens with one attached hydrogen (secondary N) is 2. The van der Waals surface area contributed by atoms with Gasteiger partial charge in [0.2, 0.25) is 11.8 Å². The van der Waals surface area contributed by atoms with Gasteiger partial charge in [-0.2, -0.15) is 0 Å². The zero-order chi connectivity index (χ0) is 26.9. The highest BCUT2D eigenvalue weighted by Crippen LogP contribution is 2.15. The van der Waals surface area contributed by atoms with Gasteiger partial charge in [0, 0.05) is 6.42 Å². The Morgan fingerprint density at radius 3 is 2.00 bits per heavy atom. The molecule has 2 aromatic carbocycles. The second-order valence-corrected chi connectivity index (χ2v) is 8.93. The zero-order valence-electron chi connectivity index (χ0n) is 21.3. The maximum Gasteiger partial charge on any atom is 0.309 e. The molecule has 0 saturated carbocycles. The molecule has 3 atom stereocenters. The lowest BCUT2D eigenvalue weighted by Crippen LogP contribution is -2.42. The van der Waals surface area contributed by atoms with E-state index in [1.807, 2.05) is 60.7 Å². The van der Waals surface area contributed by atoms with E-state index in [-0.39, 0.29) is 49.9 Å². The monoisotopic (exact) mass is 506 g/mol. The summed E-state index contributed by atoms with van der Waals surface area (Å²) < 4.78 is 5.40. The fourth-order valence-electron chi connectivity index (χ4n) is 4.01. The van der Waals surface area contributed by atoms with Crippen molar-refractivity contribution in [3.8, 4) is 0 Å². The van der Waals surface area contributed by atoms with Gasteiger partial charge in [-0.3, -0.25) is 14.4 Å². The largest absolute Gasteiger partial charge is 0.464 e. The van der Waals surface area contributed by atoms with Crippen molar-refractivity contribution >= 4 is 17.8 Å². The van der Waals surface area contributed by atoms with E-state index in [9.17, 15) is 19.5 Å². The minimum atomic E-state index is -0.615. The molecule has 2 rings (SSSR count). The van der Waals surface area contributed by atoms with Crippen LogP contribution in [0.15, 0.2) is 86.0 Å². The van der Waals surface area contributed by atoms with Gasteiger partial charge in [-0.1, -0.05) is 72.8 Å². The predicted molar refractivity (Wildman–Crippen MR) is 145 cm³/mol. The van der Waals surface area contributed by atoms with Crippen molar-refractivity contribution in [1.82, 2.24) is 10.6 Å². The predicted octanol–water partition coefficient (Wildman–Crippen LogP) is 3.38. The number of carbonyl (C=O) groups is 3. The van der Waals surface area contributed by atoms with Crippen molar-refractivity contribution < 1.29 is 24.2 Å². The van der Waals surface area contributed by atoms with Crippen molar-refractivity contribution in [2.75, 3.05) is 19.8 Å². The highest BCUT2D eigenvalue weighted by atomic mass is 16.5. The van der Waals surface area contributed by atoms with Gasteiger partial charge >= 0.3 is 5.97 Å². The molecule has 0 aliphatic carbocycles. The van der Waals surface area contributed by atoms with Crippen LogP contribution in [0.5, 0.6) is 0 Å².